The lowest BCUT2D eigenvalue weighted by molar-refractivity contribution is -0.0451. The fraction of sp³-hybridized carbons (Fsp3) is 0.778. The minimum atomic E-state index is -0.118. The molecular weight excluding hydrogens is 304 g/mol. The second kappa shape index (κ2) is 6.48. The first-order valence-electron chi connectivity index (χ1n) is 9.27. The van der Waals surface area contributed by atoms with Gasteiger partial charge in [-0.2, -0.15) is 0 Å². The normalized spacial score (nSPS) is 31.2. The molecule has 0 saturated carbocycles. The first kappa shape index (κ1) is 16.1. The minimum Gasteiger partial charge on any atom is -0.373 e. The predicted molar refractivity (Wildman–Crippen MR) is 90.8 cm³/mol. The molecule has 1 aromatic rings. The largest absolute Gasteiger partial charge is 0.373 e. The lowest BCUT2D eigenvalue weighted by atomic mass is 9.86. The number of likely N-dealkylation sites (tertiary alicyclic amines) is 2. The van der Waals surface area contributed by atoms with E-state index in [2.05, 4.69) is 9.88 Å². The molecule has 0 aromatic carbocycles. The predicted octanol–water partition coefficient (Wildman–Crippen LogP) is 1.53. The van der Waals surface area contributed by atoms with Gasteiger partial charge in [0.2, 0.25) is 0 Å². The Kier molecular flexibility index (Phi) is 4.35. The first-order chi connectivity index (χ1) is 11.6. The van der Waals surface area contributed by atoms with Crippen LogP contribution < -0.4 is 0 Å². The van der Waals surface area contributed by atoms with E-state index in [1.54, 1.807) is 12.5 Å². The number of aryl methyl sites for hydroxylation is 1. The molecule has 0 N–H and O–H groups in total. The number of imidazole rings is 1. The topological polar surface area (TPSA) is 50.6 Å². The van der Waals surface area contributed by atoms with Gasteiger partial charge in [-0.25, -0.2) is 4.98 Å². The van der Waals surface area contributed by atoms with Crippen molar-refractivity contribution in [2.24, 2.45) is 13.0 Å². The molecule has 0 radical (unpaired) electrons. The van der Waals surface area contributed by atoms with Crippen LogP contribution in [-0.4, -0.2) is 70.2 Å². The highest BCUT2D eigenvalue weighted by Gasteiger charge is 2.45. The molecule has 2 unspecified atom stereocenters. The summed E-state index contributed by atoms with van der Waals surface area (Å²) in [4.78, 5) is 21.4. The van der Waals surface area contributed by atoms with Gasteiger partial charge in [0.15, 0.2) is 0 Å². The molecular formula is C18H28N4O2. The van der Waals surface area contributed by atoms with Crippen LogP contribution in [0, 0.1) is 5.92 Å². The third kappa shape index (κ3) is 3.22. The third-order valence-corrected chi connectivity index (χ3v) is 5.75. The van der Waals surface area contributed by atoms with Crippen LogP contribution in [-0.2, 0) is 11.8 Å². The van der Waals surface area contributed by atoms with Crippen LogP contribution in [0.15, 0.2) is 12.5 Å². The van der Waals surface area contributed by atoms with Crippen LogP contribution in [0.2, 0.25) is 0 Å². The second-order valence-electron chi connectivity index (χ2n) is 7.83. The molecule has 0 aliphatic carbocycles. The highest BCUT2D eigenvalue weighted by Crippen LogP contribution is 2.38. The lowest BCUT2D eigenvalue weighted by Gasteiger charge is -2.39. The molecule has 3 saturated heterocycles. The van der Waals surface area contributed by atoms with Crippen molar-refractivity contribution in [2.75, 3.05) is 39.3 Å². The summed E-state index contributed by atoms with van der Waals surface area (Å²) in [6.07, 6.45) is 9.36. The number of aromatic nitrogens is 2. The number of carbonyl (C=O) groups is 1. The molecule has 1 spiro atoms. The smallest absolute Gasteiger partial charge is 0.274 e. The maximum atomic E-state index is 12.7. The maximum absolute atomic E-state index is 12.7. The zero-order chi connectivity index (χ0) is 16.6. The SMILES string of the molecule is Cn1cnc(C(=O)N2CCCC3(CC(CN4CCCC4)CO3)C2)c1. The van der Waals surface area contributed by atoms with Crippen molar-refractivity contribution in [1.82, 2.24) is 19.4 Å². The van der Waals surface area contributed by atoms with Gasteiger partial charge in [0, 0.05) is 26.3 Å². The highest BCUT2D eigenvalue weighted by atomic mass is 16.5. The van der Waals surface area contributed by atoms with Gasteiger partial charge in [0.05, 0.1) is 25.1 Å². The molecule has 2 atom stereocenters. The van der Waals surface area contributed by atoms with Crippen molar-refractivity contribution in [3.63, 3.8) is 0 Å². The van der Waals surface area contributed by atoms with Crippen LogP contribution in [0.4, 0.5) is 0 Å². The number of ether oxygens (including phenoxy) is 1. The van der Waals surface area contributed by atoms with Crippen LogP contribution in [0.3, 0.4) is 0 Å². The second-order valence-corrected chi connectivity index (χ2v) is 7.83. The van der Waals surface area contributed by atoms with Crippen LogP contribution >= 0.6 is 0 Å². The molecule has 0 bridgehead atoms. The van der Waals surface area contributed by atoms with Crippen molar-refractivity contribution in [3.05, 3.63) is 18.2 Å². The standard InChI is InChI=1S/C18H28N4O2/c1-20-11-16(19-14-20)17(23)22-8-4-5-18(13-22)9-15(12-24-18)10-21-6-2-3-7-21/h11,14-15H,2-10,12-13H2,1H3. The van der Waals surface area contributed by atoms with E-state index in [0.29, 0.717) is 11.6 Å². The van der Waals surface area contributed by atoms with Gasteiger partial charge in [-0.1, -0.05) is 0 Å². The maximum Gasteiger partial charge on any atom is 0.274 e. The summed E-state index contributed by atoms with van der Waals surface area (Å²) in [5, 5.41) is 0. The van der Waals surface area contributed by atoms with Gasteiger partial charge >= 0.3 is 0 Å². The van der Waals surface area contributed by atoms with Gasteiger partial charge in [0.25, 0.3) is 5.91 Å². The Morgan fingerprint density at radius 1 is 1.33 bits per heavy atom. The average Bonchev–Trinajstić information content (AvgIpc) is 3.30. The lowest BCUT2D eigenvalue weighted by Crippen LogP contribution is -2.50. The number of rotatable bonds is 3. The van der Waals surface area contributed by atoms with Crippen molar-refractivity contribution < 1.29 is 9.53 Å². The van der Waals surface area contributed by atoms with Crippen molar-refractivity contribution in [3.8, 4) is 0 Å². The Bertz CT molecular complexity index is 596. The van der Waals surface area contributed by atoms with E-state index >= 15 is 0 Å². The summed E-state index contributed by atoms with van der Waals surface area (Å²) in [5.41, 5.74) is 0.425. The fourth-order valence-corrected chi connectivity index (χ4v) is 4.63. The molecule has 3 fully saturated rings. The number of carbonyl (C=O) groups excluding carboxylic acids is 1. The number of amides is 1. The molecule has 4 heterocycles. The van der Waals surface area contributed by atoms with E-state index in [1.807, 2.05) is 16.5 Å². The van der Waals surface area contributed by atoms with Gasteiger partial charge in [0.1, 0.15) is 5.69 Å². The van der Waals surface area contributed by atoms with Gasteiger partial charge in [-0.15, -0.1) is 0 Å². The summed E-state index contributed by atoms with van der Waals surface area (Å²) < 4.78 is 8.10. The van der Waals surface area contributed by atoms with E-state index in [9.17, 15) is 4.79 Å². The monoisotopic (exact) mass is 332 g/mol. The summed E-state index contributed by atoms with van der Waals surface area (Å²) in [6.45, 7) is 6.04. The fourth-order valence-electron chi connectivity index (χ4n) is 4.63. The van der Waals surface area contributed by atoms with Crippen LogP contribution in [0.25, 0.3) is 0 Å². The summed E-state index contributed by atoms with van der Waals surface area (Å²) >= 11 is 0. The molecule has 132 valence electrons. The Labute approximate surface area is 143 Å². The molecule has 3 aliphatic rings. The Hall–Kier alpha value is -1.40. The van der Waals surface area contributed by atoms with Crippen LogP contribution in [0.1, 0.15) is 42.6 Å². The zero-order valence-electron chi connectivity index (χ0n) is 14.6. The average molecular weight is 332 g/mol. The summed E-state index contributed by atoms with van der Waals surface area (Å²) in [6, 6.07) is 0. The summed E-state index contributed by atoms with van der Waals surface area (Å²) in [7, 11) is 1.89. The Morgan fingerprint density at radius 2 is 2.17 bits per heavy atom. The summed E-state index contributed by atoms with van der Waals surface area (Å²) in [5.74, 6) is 0.661. The molecule has 6 heteroatoms. The van der Waals surface area contributed by atoms with Crippen molar-refractivity contribution in [1.29, 1.82) is 0 Å². The van der Waals surface area contributed by atoms with Gasteiger partial charge < -0.3 is 19.1 Å². The Balaban J connectivity index is 1.38. The number of hydrogen-bond donors (Lipinski definition) is 0. The zero-order valence-corrected chi connectivity index (χ0v) is 14.6. The van der Waals surface area contributed by atoms with Gasteiger partial charge in [-0.05, 0) is 51.1 Å². The van der Waals surface area contributed by atoms with E-state index in [1.165, 1.54) is 25.9 Å². The quantitative estimate of drug-likeness (QED) is 0.842. The molecule has 1 aromatic heterocycles. The highest BCUT2D eigenvalue weighted by molar-refractivity contribution is 5.92. The number of piperidine rings is 1. The molecule has 3 aliphatic heterocycles. The third-order valence-electron chi connectivity index (χ3n) is 5.75. The molecule has 4 rings (SSSR count). The van der Waals surface area contributed by atoms with E-state index in [0.717, 1.165) is 45.5 Å². The van der Waals surface area contributed by atoms with Crippen molar-refractivity contribution >= 4 is 5.91 Å². The van der Waals surface area contributed by atoms with E-state index < -0.39 is 0 Å². The number of nitrogens with zero attached hydrogens (tertiary/aromatic N) is 4. The van der Waals surface area contributed by atoms with Gasteiger partial charge in [-0.3, -0.25) is 4.79 Å². The molecule has 6 nitrogen and oxygen atoms in total. The number of hydrogen-bond acceptors (Lipinski definition) is 4. The Morgan fingerprint density at radius 3 is 2.92 bits per heavy atom. The molecule has 1 amide bonds. The van der Waals surface area contributed by atoms with Crippen molar-refractivity contribution in [2.45, 2.75) is 37.7 Å². The minimum absolute atomic E-state index is 0.0428. The molecule has 24 heavy (non-hydrogen) atoms. The first-order valence-corrected chi connectivity index (χ1v) is 9.27. The van der Waals surface area contributed by atoms with Crippen LogP contribution in [0.5, 0.6) is 0 Å². The van der Waals surface area contributed by atoms with E-state index in [4.69, 9.17) is 4.74 Å². The van der Waals surface area contributed by atoms with E-state index in [-0.39, 0.29) is 11.5 Å².